The second-order valence-corrected chi connectivity index (χ2v) is 4.51. The number of aromatic nitrogens is 1. The summed E-state index contributed by atoms with van der Waals surface area (Å²) in [5.74, 6) is -0.210. The maximum absolute atomic E-state index is 11.5. The number of hydrogen-bond donors (Lipinski definition) is 0. The maximum Gasteiger partial charge on any atom is 0.310 e. The summed E-state index contributed by atoms with van der Waals surface area (Å²) in [5, 5.41) is 0. The highest BCUT2D eigenvalue weighted by Crippen LogP contribution is 2.11. The molecule has 3 nitrogen and oxygen atoms in total. The van der Waals surface area contributed by atoms with Crippen molar-refractivity contribution in [3.63, 3.8) is 0 Å². The van der Waals surface area contributed by atoms with Crippen molar-refractivity contribution < 1.29 is 9.53 Å². The molecule has 0 saturated heterocycles. The standard InChI is InChI=1S/C12H17NO2/c1-9-10(6-5-7-13-9)8-11(14)15-12(2,3)4/h5-7H,8H2,1-4H3. The van der Waals surface area contributed by atoms with E-state index in [1.165, 1.54) is 0 Å². The van der Waals surface area contributed by atoms with Crippen molar-refractivity contribution in [3.8, 4) is 0 Å². The number of hydrogen-bond acceptors (Lipinski definition) is 3. The van der Waals surface area contributed by atoms with Gasteiger partial charge in [-0.3, -0.25) is 9.78 Å². The molecule has 0 aliphatic heterocycles. The normalized spacial score (nSPS) is 11.2. The van der Waals surface area contributed by atoms with Crippen LogP contribution < -0.4 is 0 Å². The van der Waals surface area contributed by atoms with Gasteiger partial charge < -0.3 is 4.74 Å². The average Bonchev–Trinajstić information content (AvgIpc) is 2.05. The Balaban J connectivity index is 2.64. The van der Waals surface area contributed by atoms with E-state index in [0.29, 0.717) is 0 Å². The molecule has 0 radical (unpaired) electrons. The number of carbonyl (C=O) groups is 1. The van der Waals surface area contributed by atoms with Crippen molar-refractivity contribution in [2.24, 2.45) is 0 Å². The Morgan fingerprint density at radius 2 is 2.13 bits per heavy atom. The van der Waals surface area contributed by atoms with Gasteiger partial charge in [0, 0.05) is 11.9 Å². The molecule has 0 saturated carbocycles. The van der Waals surface area contributed by atoms with Crippen LogP contribution in [-0.2, 0) is 16.0 Å². The van der Waals surface area contributed by atoms with E-state index in [0.717, 1.165) is 11.3 Å². The van der Waals surface area contributed by atoms with Crippen molar-refractivity contribution in [2.45, 2.75) is 39.7 Å². The number of aryl methyl sites for hydroxylation is 1. The third-order valence-corrected chi connectivity index (χ3v) is 1.87. The number of esters is 1. The maximum atomic E-state index is 11.5. The summed E-state index contributed by atoms with van der Waals surface area (Å²) >= 11 is 0. The van der Waals surface area contributed by atoms with Gasteiger partial charge in [-0.05, 0) is 39.3 Å². The molecule has 0 bridgehead atoms. The lowest BCUT2D eigenvalue weighted by molar-refractivity contribution is -0.153. The van der Waals surface area contributed by atoms with Crippen LogP contribution in [0.5, 0.6) is 0 Å². The molecule has 0 aliphatic carbocycles. The number of ether oxygens (including phenoxy) is 1. The van der Waals surface area contributed by atoms with Crippen molar-refractivity contribution in [1.82, 2.24) is 4.98 Å². The Bertz CT molecular complexity index is 353. The first-order chi connectivity index (χ1) is 6.88. The highest BCUT2D eigenvalue weighted by molar-refractivity contribution is 5.73. The zero-order valence-corrected chi connectivity index (χ0v) is 9.70. The van der Waals surface area contributed by atoms with Gasteiger partial charge in [0.2, 0.25) is 0 Å². The molecule has 15 heavy (non-hydrogen) atoms. The molecule has 82 valence electrons. The largest absolute Gasteiger partial charge is 0.460 e. The van der Waals surface area contributed by atoms with E-state index in [4.69, 9.17) is 4.74 Å². The van der Waals surface area contributed by atoms with Crippen molar-refractivity contribution in [2.75, 3.05) is 0 Å². The fourth-order valence-corrected chi connectivity index (χ4v) is 1.24. The van der Waals surface area contributed by atoms with Crippen LogP contribution in [0.3, 0.4) is 0 Å². The minimum Gasteiger partial charge on any atom is -0.460 e. The van der Waals surface area contributed by atoms with Gasteiger partial charge in [0.25, 0.3) is 0 Å². The van der Waals surface area contributed by atoms with Crippen molar-refractivity contribution in [1.29, 1.82) is 0 Å². The van der Waals surface area contributed by atoms with Crippen LogP contribution in [0.4, 0.5) is 0 Å². The summed E-state index contributed by atoms with van der Waals surface area (Å²) in [5.41, 5.74) is 1.38. The fraction of sp³-hybridized carbons (Fsp3) is 0.500. The minimum absolute atomic E-state index is 0.210. The first-order valence-electron chi connectivity index (χ1n) is 5.01. The summed E-state index contributed by atoms with van der Waals surface area (Å²) in [7, 11) is 0. The van der Waals surface area contributed by atoms with Crippen LogP contribution in [0.25, 0.3) is 0 Å². The molecule has 0 aromatic carbocycles. The van der Waals surface area contributed by atoms with Gasteiger partial charge in [0.15, 0.2) is 0 Å². The second-order valence-electron chi connectivity index (χ2n) is 4.51. The summed E-state index contributed by atoms with van der Waals surface area (Å²) in [6.45, 7) is 7.47. The summed E-state index contributed by atoms with van der Waals surface area (Å²) in [6, 6.07) is 3.72. The Morgan fingerprint density at radius 1 is 1.47 bits per heavy atom. The molecule has 0 atom stereocenters. The number of pyridine rings is 1. The highest BCUT2D eigenvalue weighted by atomic mass is 16.6. The smallest absolute Gasteiger partial charge is 0.310 e. The lowest BCUT2D eigenvalue weighted by Gasteiger charge is -2.19. The first kappa shape index (κ1) is 11.7. The third-order valence-electron chi connectivity index (χ3n) is 1.87. The molecular weight excluding hydrogens is 190 g/mol. The summed E-state index contributed by atoms with van der Waals surface area (Å²) < 4.78 is 5.23. The van der Waals surface area contributed by atoms with Crippen molar-refractivity contribution >= 4 is 5.97 Å². The molecule has 0 spiro atoms. The Kier molecular flexibility index (Phi) is 3.45. The van der Waals surface area contributed by atoms with Gasteiger partial charge in [-0.15, -0.1) is 0 Å². The SMILES string of the molecule is Cc1ncccc1CC(=O)OC(C)(C)C. The summed E-state index contributed by atoms with van der Waals surface area (Å²) in [6.07, 6.45) is 2.00. The Hall–Kier alpha value is -1.38. The van der Waals surface area contributed by atoms with E-state index < -0.39 is 5.60 Å². The van der Waals surface area contributed by atoms with Crippen molar-refractivity contribution in [3.05, 3.63) is 29.6 Å². The molecule has 0 N–H and O–H groups in total. The molecule has 0 amide bonds. The topological polar surface area (TPSA) is 39.2 Å². The molecule has 1 rings (SSSR count). The number of nitrogens with zero attached hydrogens (tertiary/aromatic N) is 1. The zero-order chi connectivity index (χ0) is 11.5. The Labute approximate surface area is 90.5 Å². The predicted octanol–water partition coefficient (Wildman–Crippen LogP) is 2.27. The lowest BCUT2D eigenvalue weighted by Crippen LogP contribution is -2.25. The van der Waals surface area contributed by atoms with Gasteiger partial charge >= 0.3 is 5.97 Å². The second kappa shape index (κ2) is 4.43. The first-order valence-corrected chi connectivity index (χ1v) is 5.01. The van der Waals surface area contributed by atoms with E-state index in [1.807, 2.05) is 39.8 Å². The van der Waals surface area contributed by atoms with Crippen LogP contribution >= 0.6 is 0 Å². The quantitative estimate of drug-likeness (QED) is 0.698. The van der Waals surface area contributed by atoms with Gasteiger partial charge in [-0.2, -0.15) is 0 Å². The van der Waals surface area contributed by atoms with E-state index in [-0.39, 0.29) is 12.4 Å². The highest BCUT2D eigenvalue weighted by Gasteiger charge is 2.16. The molecule has 0 unspecified atom stereocenters. The molecule has 1 aromatic rings. The van der Waals surface area contributed by atoms with Crippen LogP contribution in [-0.4, -0.2) is 16.6 Å². The van der Waals surface area contributed by atoms with Crippen LogP contribution in [0.15, 0.2) is 18.3 Å². The van der Waals surface area contributed by atoms with Gasteiger partial charge in [-0.1, -0.05) is 6.07 Å². The average molecular weight is 207 g/mol. The molecule has 1 heterocycles. The van der Waals surface area contributed by atoms with Gasteiger partial charge in [0.05, 0.1) is 6.42 Å². The minimum atomic E-state index is -0.423. The summed E-state index contributed by atoms with van der Waals surface area (Å²) in [4.78, 5) is 15.7. The van der Waals surface area contributed by atoms with Gasteiger partial charge in [-0.25, -0.2) is 0 Å². The lowest BCUT2D eigenvalue weighted by atomic mass is 10.1. The van der Waals surface area contributed by atoms with E-state index in [1.54, 1.807) is 6.20 Å². The number of carbonyl (C=O) groups excluding carboxylic acids is 1. The zero-order valence-electron chi connectivity index (χ0n) is 9.70. The fourth-order valence-electron chi connectivity index (χ4n) is 1.24. The van der Waals surface area contributed by atoms with Crippen LogP contribution in [0, 0.1) is 6.92 Å². The van der Waals surface area contributed by atoms with E-state index in [2.05, 4.69) is 4.98 Å². The molecular formula is C12H17NO2. The van der Waals surface area contributed by atoms with Gasteiger partial charge in [0.1, 0.15) is 5.60 Å². The molecule has 3 heteroatoms. The third kappa shape index (κ3) is 4.11. The Morgan fingerprint density at radius 3 is 2.67 bits per heavy atom. The molecule has 0 aliphatic rings. The van der Waals surface area contributed by atoms with E-state index in [9.17, 15) is 4.79 Å². The monoisotopic (exact) mass is 207 g/mol. The van der Waals surface area contributed by atoms with Crippen LogP contribution in [0.2, 0.25) is 0 Å². The number of rotatable bonds is 2. The molecule has 1 aromatic heterocycles. The van der Waals surface area contributed by atoms with Crippen LogP contribution in [0.1, 0.15) is 32.0 Å². The predicted molar refractivity (Wildman–Crippen MR) is 58.5 cm³/mol. The van der Waals surface area contributed by atoms with E-state index >= 15 is 0 Å². The molecule has 0 fully saturated rings.